The SMILES string of the molecule is CCCC(C(=O)OC)c1c(C)nc2cc3c(cc2c1Cl)CCC3. The standard InChI is InChI=1S/C19H22ClNO2/c1-4-6-14(19(22)23-3)17-11(2)21-16-10-13-8-5-7-12(13)9-15(16)18(17)20/h9-10,14H,4-8H2,1-3H3. The van der Waals surface area contributed by atoms with Gasteiger partial charge in [-0.3, -0.25) is 9.78 Å². The molecule has 1 atom stereocenters. The van der Waals surface area contributed by atoms with Crippen molar-refractivity contribution in [2.45, 2.75) is 51.9 Å². The third kappa shape index (κ3) is 2.83. The fourth-order valence-electron chi connectivity index (χ4n) is 3.64. The quantitative estimate of drug-likeness (QED) is 0.759. The summed E-state index contributed by atoms with van der Waals surface area (Å²) < 4.78 is 4.99. The summed E-state index contributed by atoms with van der Waals surface area (Å²) in [5.74, 6) is -0.582. The molecule has 0 saturated carbocycles. The second-order valence-electron chi connectivity index (χ2n) is 6.28. The number of ether oxygens (including phenoxy) is 1. The molecule has 1 aromatic heterocycles. The van der Waals surface area contributed by atoms with Gasteiger partial charge in [-0.15, -0.1) is 0 Å². The van der Waals surface area contributed by atoms with E-state index in [9.17, 15) is 4.79 Å². The number of nitrogens with zero attached hydrogens (tertiary/aromatic N) is 1. The number of aryl methyl sites for hydroxylation is 3. The smallest absolute Gasteiger partial charge is 0.313 e. The minimum absolute atomic E-state index is 0.237. The normalized spacial score (nSPS) is 14.8. The summed E-state index contributed by atoms with van der Waals surface area (Å²) in [6, 6.07) is 4.32. The number of carbonyl (C=O) groups excluding carboxylic acids is 1. The van der Waals surface area contributed by atoms with Crippen LogP contribution in [0.4, 0.5) is 0 Å². The number of halogens is 1. The van der Waals surface area contributed by atoms with Gasteiger partial charge in [-0.05, 0) is 55.9 Å². The molecule has 0 amide bonds. The molecule has 3 nitrogen and oxygen atoms in total. The lowest BCUT2D eigenvalue weighted by Gasteiger charge is -2.19. The number of hydrogen-bond acceptors (Lipinski definition) is 3. The molecular weight excluding hydrogens is 310 g/mol. The van der Waals surface area contributed by atoms with Crippen molar-refractivity contribution >= 4 is 28.5 Å². The maximum absolute atomic E-state index is 12.2. The Balaban J connectivity index is 2.20. The Morgan fingerprint density at radius 1 is 1.35 bits per heavy atom. The molecule has 1 heterocycles. The average molecular weight is 332 g/mol. The van der Waals surface area contributed by atoms with Gasteiger partial charge in [0.2, 0.25) is 0 Å². The molecule has 3 rings (SSSR count). The molecule has 1 aromatic carbocycles. The van der Waals surface area contributed by atoms with Crippen molar-refractivity contribution in [2.75, 3.05) is 7.11 Å². The predicted molar refractivity (Wildman–Crippen MR) is 93.2 cm³/mol. The lowest BCUT2D eigenvalue weighted by atomic mass is 9.91. The number of rotatable bonds is 4. The van der Waals surface area contributed by atoms with Gasteiger partial charge in [0.25, 0.3) is 0 Å². The first-order chi connectivity index (χ1) is 11.1. The number of methoxy groups -OCH3 is 1. The van der Waals surface area contributed by atoms with Crippen LogP contribution >= 0.6 is 11.6 Å². The Labute approximate surface area is 142 Å². The highest BCUT2D eigenvalue weighted by atomic mass is 35.5. The Morgan fingerprint density at radius 3 is 2.70 bits per heavy atom. The third-order valence-electron chi connectivity index (χ3n) is 4.77. The van der Waals surface area contributed by atoms with Crippen LogP contribution < -0.4 is 0 Å². The van der Waals surface area contributed by atoms with Crippen molar-refractivity contribution in [3.63, 3.8) is 0 Å². The molecule has 23 heavy (non-hydrogen) atoms. The fraction of sp³-hybridized carbons (Fsp3) is 0.474. The van der Waals surface area contributed by atoms with E-state index in [1.807, 2.05) is 6.92 Å². The zero-order chi connectivity index (χ0) is 16.6. The van der Waals surface area contributed by atoms with Crippen molar-refractivity contribution in [1.82, 2.24) is 4.98 Å². The van der Waals surface area contributed by atoms with Crippen LogP contribution in [0.25, 0.3) is 10.9 Å². The Kier molecular flexibility index (Phi) is 4.58. The minimum atomic E-state index is -0.345. The molecule has 122 valence electrons. The summed E-state index contributed by atoms with van der Waals surface area (Å²) in [4.78, 5) is 17.0. The van der Waals surface area contributed by atoms with Crippen LogP contribution in [0.1, 0.15) is 54.5 Å². The van der Waals surface area contributed by atoms with Crippen LogP contribution in [0, 0.1) is 6.92 Å². The number of aromatic nitrogens is 1. The Bertz CT molecular complexity index is 770. The van der Waals surface area contributed by atoms with Crippen molar-refractivity contribution in [1.29, 1.82) is 0 Å². The summed E-state index contributed by atoms with van der Waals surface area (Å²) in [5, 5.41) is 1.61. The molecule has 1 unspecified atom stereocenters. The molecule has 0 aliphatic heterocycles. The van der Waals surface area contributed by atoms with Crippen molar-refractivity contribution in [3.8, 4) is 0 Å². The highest BCUT2D eigenvalue weighted by Crippen LogP contribution is 2.38. The van der Waals surface area contributed by atoms with Crippen LogP contribution in [0.5, 0.6) is 0 Å². The fourth-order valence-corrected chi connectivity index (χ4v) is 4.06. The van der Waals surface area contributed by atoms with Crippen LogP contribution in [0.3, 0.4) is 0 Å². The van der Waals surface area contributed by atoms with Crippen LogP contribution in [-0.2, 0) is 22.4 Å². The van der Waals surface area contributed by atoms with Gasteiger partial charge in [-0.1, -0.05) is 24.9 Å². The number of benzene rings is 1. The highest BCUT2D eigenvalue weighted by molar-refractivity contribution is 6.36. The van der Waals surface area contributed by atoms with E-state index in [0.717, 1.165) is 41.4 Å². The molecule has 2 aromatic rings. The van der Waals surface area contributed by atoms with Crippen LogP contribution in [-0.4, -0.2) is 18.1 Å². The molecule has 0 spiro atoms. The molecule has 1 aliphatic carbocycles. The molecule has 1 aliphatic rings. The minimum Gasteiger partial charge on any atom is -0.469 e. The lowest BCUT2D eigenvalue weighted by Crippen LogP contribution is -2.16. The van der Waals surface area contributed by atoms with E-state index in [0.29, 0.717) is 11.4 Å². The van der Waals surface area contributed by atoms with Crippen molar-refractivity contribution in [3.05, 3.63) is 39.5 Å². The van der Waals surface area contributed by atoms with Gasteiger partial charge in [0.05, 0.1) is 23.6 Å². The molecule has 0 saturated heterocycles. The van der Waals surface area contributed by atoms with Gasteiger partial charge < -0.3 is 4.74 Å². The second-order valence-corrected chi connectivity index (χ2v) is 6.66. The third-order valence-corrected chi connectivity index (χ3v) is 5.18. The first-order valence-corrected chi connectivity index (χ1v) is 8.64. The molecule has 4 heteroatoms. The van der Waals surface area contributed by atoms with Gasteiger partial charge in [-0.25, -0.2) is 0 Å². The van der Waals surface area contributed by atoms with Crippen LogP contribution in [0.2, 0.25) is 5.02 Å². The number of fused-ring (bicyclic) bond motifs is 2. The van der Waals surface area contributed by atoms with Crippen LogP contribution in [0.15, 0.2) is 12.1 Å². The molecule has 0 fully saturated rings. The monoisotopic (exact) mass is 331 g/mol. The zero-order valence-electron chi connectivity index (χ0n) is 13.9. The Hall–Kier alpha value is -1.61. The first kappa shape index (κ1) is 16.3. The predicted octanol–water partition coefficient (Wildman–Crippen LogP) is 4.74. The maximum Gasteiger partial charge on any atom is 0.313 e. The zero-order valence-corrected chi connectivity index (χ0v) is 14.7. The average Bonchev–Trinajstić information content (AvgIpc) is 2.99. The second kappa shape index (κ2) is 6.48. The molecular formula is C19H22ClNO2. The maximum atomic E-state index is 12.2. The number of hydrogen-bond donors (Lipinski definition) is 0. The van der Waals surface area contributed by atoms with Gasteiger partial charge in [0, 0.05) is 16.6 Å². The summed E-state index contributed by atoms with van der Waals surface area (Å²) >= 11 is 6.73. The van der Waals surface area contributed by atoms with Gasteiger partial charge in [0.15, 0.2) is 0 Å². The van der Waals surface area contributed by atoms with Gasteiger partial charge in [-0.2, -0.15) is 0 Å². The van der Waals surface area contributed by atoms with Gasteiger partial charge >= 0.3 is 5.97 Å². The lowest BCUT2D eigenvalue weighted by molar-refractivity contribution is -0.142. The topological polar surface area (TPSA) is 39.2 Å². The van der Waals surface area contributed by atoms with E-state index >= 15 is 0 Å². The number of esters is 1. The van der Waals surface area contributed by atoms with E-state index in [4.69, 9.17) is 21.3 Å². The van der Waals surface area contributed by atoms with Gasteiger partial charge in [0.1, 0.15) is 0 Å². The molecule has 0 bridgehead atoms. The Morgan fingerprint density at radius 2 is 2.04 bits per heavy atom. The summed E-state index contributed by atoms with van der Waals surface area (Å²) in [6.45, 7) is 3.99. The number of carbonyl (C=O) groups is 1. The summed E-state index contributed by atoms with van der Waals surface area (Å²) in [6.07, 6.45) is 5.01. The molecule has 0 radical (unpaired) electrons. The number of pyridine rings is 1. The highest BCUT2D eigenvalue weighted by Gasteiger charge is 2.27. The van der Waals surface area contributed by atoms with E-state index < -0.39 is 0 Å². The summed E-state index contributed by atoms with van der Waals surface area (Å²) in [7, 11) is 1.43. The van der Waals surface area contributed by atoms with Crippen molar-refractivity contribution in [2.24, 2.45) is 0 Å². The largest absolute Gasteiger partial charge is 0.469 e. The van der Waals surface area contributed by atoms with Crippen molar-refractivity contribution < 1.29 is 9.53 Å². The van der Waals surface area contributed by atoms with E-state index in [-0.39, 0.29) is 11.9 Å². The van der Waals surface area contributed by atoms with E-state index in [1.165, 1.54) is 24.7 Å². The summed E-state index contributed by atoms with van der Waals surface area (Å²) in [5.41, 5.74) is 5.32. The van der Waals surface area contributed by atoms with E-state index in [1.54, 1.807) is 0 Å². The first-order valence-electron chi connectivity index (χ1n) is 8.26. The molecule has 0 N–H and O–H groups in total. The van der Waals surface area contributed by atoms with E-state index in [2.05, 4.69) is 19.1 Å².